The van der Waals surface area contributed by atoms with Crippen molar-refractivity contribution in [1.82, 2.24) is 19.6 Å². The molecule has 0 spiro atoms. The molecule has 7 rings (SSSR count). The topological polar surface area (TPSA) is 49.2 Å². The van der Waals surface area contributed by atoms with Gasteiger partial charge in [-0.2, -0.15) is 18.3 Å². The van der Waals surface area contributed by atoms with Crippen LogP contribution in [-0.4, -0.2) is 26.1 Å². The van der Waals surface area contributed by atoms with Crippen molar-refractivity contribution in [3.63, 3.8) is 0 Å². The second-order valence-electron chi connectivity index (χ2n) is 9.61. The second-order valence-corrected chi connectivity index (χ2v) is 9.61. The number of aromatic nitrogens is 4. The lowest BCUT2D eigenvalue weighted by atomic mass is 9.95. The Kier molecular flexibility index (Phi) is 4.26. The first-order valence-electron chi connectivity index (χ1n) is 11.9. The molecular formula is C28H22F3N5. The Balaban J connectivity index is 1.50. The minimum Gasteiger partial charge on any atom is -0.361 e. The third-order valence-corrected chi connectivity index (χ3v) is 7.45. The third-order valence-electron chi connectivity index (χ3n) is 7.45. The first-order chi connectivity index (χ1) is 17.3. The highest BCUT2D eigenvalue weighted by atomic mass is 19.4. The van der Waals surface area contributed by atoms with Crippen molar-refractivity contribution in [3.8, 4) is 0 Å². The molecule has 0 saturated heterocycles. The average molecular weight is 486 g/mol. The van der Waals surface area contributed by atoms with Crippen LogP contribution in [0.25, 0.3) is 38.1 Å². The minimum absolute atomic E-state index is 0.531. The van der Waals surface area contributed by atoms with Gasteiger partial charge in [0.05, 0.1) is 22.3 Å². The number of aromatic amines is 1. The molecule has 36 heavy (non-hydrogen) atoms. The molecule has 180 valence electrons. The maximum absolute atomic E-state index is 13.1. The third kappa shape index (κ3) is 2.90. The number of rotatable bonds is 1. The van der Waals surface area contributed by atoms with Gasteiger partial charge in [0.25, 0.3) is 0 Å². The number of halogens is 3. The molecule has 1 aliphatic heterocycles. The number of aryl methyl sites for hydroxylation is 2. The Morgan fingerprint density at radius 2 is 1.81 bits per heavy atom. The molecule has 0 aliphatic carbocycles. The number of pyridine rings is 2. The largest absolute Gasteiger partial charge is 0.417 e. The van der Waals surface area contributed by atoms with E-state index in [0.717, 1.165) is 61.8 Å². The molecule has 0 bridgehead atoms. The van der Waals surface area contributed by atoms with Crippen molar-refractivity contribution in [1.29, 1.82) is 0 Å². The van der Waals surface area contributed by atoms with E-state index >= 15 is 0 Å². The molecule has 0 atom stereocenters. The molecule has 0 amide bonds. The van der Waals surface area contributed by atoms with Crippen LogP contribution in [0.1, 0.15) is 27.9 Å². The number of benzene rings is 2. The zero-order chi connectivity index (χ0) is 24.8. The summed E-state index contributed by atoms with van der Waals surface area (Å²) in [5, 5.41) is 9.72. The Hall–Kier alpha value is -4.07. The smallest absolute Gasteiger partial charge is 0.361 e. The Bertz CT molecular complexity index is 1830. The molecule has 5 heterocycles. The summed E-state index contributed by atoms with van der Waals surface area (Å²) in [6.45, 7) is 5.40. The van der Waals surface area contributed by atoms with Crippen LogP contribution in [0.2, 0.25) is 0 Å². The van der Waals surface area contributed by atoms with Crippen LogP contribution in [0.5, 0.6) is 0 Å². The summed E-state index contributed by atoms with van der Waals surface area (Å²) < 4.78 is 41.3. The molecule has 0 radical (unpaired) electrons. The van der Waals surface area contributed by atoms with Crippen LogP contribution in [0.15, 0.2) is 54.9 Å². The number of H-pyrrole nitrogens is 1. The van der Waals surface area contributed by atoms with E-state index in [2.05, 4.69) is 58.7 Å². The number of hydrogen-bond donors (Lipinski definition) is 1. The molecular weight excluding hydrogens is 463 g/mol. The fraction of sp³-hybridized carbons (Fsp3) is 0.214. The van der Waals surface area contributed by atoms with Gasteiger partial charge in [0.1, 0.15) is 5.82 Å². The van der Waals surface area contributed by atoms with Gasteiger partial charge in [-0.3, -0.25) is 0 Å². The first-order valence-corrected chi connectivity index (χ1v) is 11.9. The van der Waals surface area contributed by atoms with Crippen molar-refractivity contribution >= 4 is 43.9 Å². The molecule has 2 aromatic carbocycles. The summed E-state index contributed by atoms with van der Waals surface area (Å²) in [5.41, 5.74) is 6.96. The number of alkyl halides is 3. The van der Waals surface area contributed by atoms with E-state index in [-0.39, 0.29) is 0 Å². The van der Waals surface area contributed by atoms with E-state index in [1.165, 1.54) is 17.0 Å². The van der Waals surface area contributed by atoms with Crippen LogP contribution >= 0.6 is 0 Å². The standard InChI is InChI=1S/C28H22F3N5/c1-15-4-3-5-18-20-12-16(2)25-19(8-10-32-25)24(20)27-21-14-35(11-9-22(21)34-36(27)26(15)18)23-7-6-17(13-33-23)28(29,30)31/h3-8,10,12-13,32H,9,11,14H2,1-2H3. The van der Waals surface area contributed by atoms with E-state index in [1.54, 1.807) is 0 Å². The fourth-order valence-corrected chi connectivity index (χ4v) is 5.76. The van der Waals surface area contributed by atoms with Gasteiger partial charge in [-0.25, -0.2) is 9.50 Å². The summed E-state index contributed by atoms with van der Waals surface area (Å²) in [4.78, 5) is 9.59. The summed E-state index contributed by atoms with van der Waals surface area (Å²) in [7, 11) is 0. The first kappa shape index (κ1) is 21.2. The zero-order valence-corrected chi connectivity index (χ0v) is 19.7. The van der Waals surface area contributed by atoms with Crippen LogP contribution in [0, 0.1) is 13.8 Å². The molecule has 1 N–H and O–H groups in total. The molecule has 0 unspecified atom stereocenters. The predicted octanol–water partition coefficient (Wildman–Crippen LogP) is 6.72. The summed E-state index contributed by atoms with van der Waals surface area (Å²) in [6.07, 6.45) is -0.827. The predicted molar refractivity (Wildman–Crippen MR) is 136 cm³/mol. The molecule has 4 aromatic heterocycles. The SMILES string of the molecule is Cc1cc2c3cccc(C)c3n3nc4c(c3c2c2cc[nH]c12)CN(c1ccc(C(F)(F)F)cn1)CC4. The Morgan fingerprint density at radius 1 is 0.944 bits per heavy atom. The number of nitrogens with one attached hydrogen (secondary N) is 1. The highest BCUT2D eigenvalue weighted by molar-refractivity contribution is 6.23. The molecule has 0 saturated carbocycles. The molecule has 6 aromatic rings. The van der Waals surface area contributed by atoms with Crippen molar-refractivity contribution in [2.45, 2.75) is 33.0 Å². The number of anilines is 1. The average Bonchev–Trinajstić information content (AvgIpc) is 3.49. The lowest BCUT2D eigenvalue weighted by molar-refractivity contribution is -0.137. The van der Waals surface area contributed by atoms with Gasteiger partial charge in [-0.1, -0.05) is 18.2 Å². The fourth-order valence-electron chi connectivity index (χ4n) is 5.76. The summed E-state index contributed by atoms with van der Waals surface area (Å²) >= 11 is 0. The number of fused-ring (bicyclic) bond motifs is 10. The quantitative estimate of drug-likeness (QED) is 0.263. The van der Waals surface area contributed by atoms with Gasteiger partial charge >= 0.3 is 6.18 Å². The van der Waals surface area contributed by atoms with Crippen molar-refractivity contribution < 1.29 is 13.2 Å². The van der Waals surface area contributed by atoms with Gasteiger partial charge in [-0.05, 0) is 54.6 Å². The maximum Gasteiger partial charge on any atom is 0.417 e. The Labute approximate surface area is 204 Å². The van der Waals surface area contributed by atoms with Crippen molar-refractivity contribution in [2.75, 3.05) is 11.4 Å². The highest BCUT2D eigenvalue weighted by Crippen LogP contribution is 2.40. The molecule has 8 heteroatoms. The number of nitrogens with zero attached hydrogens (tertiary/aromatic N) is 4. The van der Waals surface area contributed by atoms with E-state index in [1.807, 2.05) is 11.1 Å². The van der Waals surface area contributed by atoms with Crippen LogP contribution in [0.3, 0.4) is 0 Å². The van der Waals surface area contributed by atoms with Crippen molar-refractivity contribution in [3.05, 3.63) is 82.8 Å². The monoisotopic (exact) mass is 485 g/mol. The van der Waals surface area contributed by atoms with Gasteiger partial charge < -0.3 is 9.88 Å². The normalized spacial score (nSPS) is 14.4. The maximum atomic E-state index is 13.1. The number of para-hydroxylation sites is 1. The minimum atomic E-state index is -4.40. The Morgan fingerprint density at radius 3 is 2.58 bits per heavy atom. The molecule has 5 nitrogen and oxygen atoms in total. The van der Waals surface area contributed by atoms with Gasteiger partial charge in [0.2, 0.25) is 0 Å². The lowest BCUT2D eigenvalue weighted by Crippen LogP contribution is -2.30. The molecule has 1 aliphatic rings. The van der Waals surface area contributed by atoms with E-state index < -0.39 is 11.7 Å². The van der Waals surface area contributed by atoms with Gasteiger partial charge in [0, 0.05) is 59.1 Å². The van der Waals surface area contributed by atoms with Crippen LogP contribution in [-0.2, 0) is 19.1 Å². The highest BCUT2D eigenvalue weighted by Gasteiger charge is 2.32. The van der Waals surface area contributed by atoms with Crippen LogP contribution in [0.4, 0.5) is 19.0 Å². The second kappa shape index (κ2) is 7.22. The van der Waals surface area contributed by atoms with E-state index in [4.69, 9.17) is 5.10 Å². The molecule has 0 fully saturated rings. The number of hydrogen-bond acceptors (Lipinski definition) is 3. The summed E-state index contributed by atoms with van der Waals surface area (Å²) in [6, 6.07) is 13.3. The van der Waals surface area contributed by atoms with E-state index in [9.17, 15) is 13.2 Å². The summed E-state index contributed by atoms with van der Waals surface area (Å²) in [5.74, 6) is 0.539. The van der Waals surface area contributed by atoms with Gasteiger partial charge in [0.15, 0.2) is 0 Å². The van der Waals surface area contributed by atoms with Crippen molar-refractivity contribution in [2.24, 2.45) is 0 Å². The lowest BCUT2D eigenvalue weighted by Gasteiger charge is -2.28. The zero-order valence-electron chi connectivity index (χ0n) is 19.7. The van der Waals surface area contributed by atoms with Gasteiger partial charge in [-0.15, -0.1) is 0 Å². The van der Waals surface area contributed by atoms with E-state index in [0.29, 0.717) is 25.3 Å². The van der Waals surface area contributed by atoms with Crippen LogP contribution < -0.4 is 4.90 Å².